The molecule has 0 aromatic rings. The topological polar surface area (TPSA) is 44.4 Å². The summed E-state index contributed by atoms with van der Waals surface area (Å²) in [4.78, 5) is 14.9. The van der Waals surface area contributed by atoms with E-state index in [1.165, 1.54) is 25.7 Å². The third-order valence-electron chi connectivity index (χ3n) is 4.70. The molecule has 3 aliphatic rings. The first kappa shape index (κ1) is 12.4. The molecule has 18 heavy (non-hydrogen) atoms. The van der Waals surface area contributed by atoms with E-state index in [2.05, 4.69) is 15.5 Å². The van der Waals surface area contributed by atoms with Gasteiger partial charge in [0, 0.05) is 26.2 Å². The maximum absolute atomic E-state index is 12.8. The van der Waals surface area contributed by atoms with E-state index in [-0.39, 0.29) is 5.54 Å². The molecule has 0 aromatic heterocycles. The van der Waals surface area contributed by atoms with Crippen molar-refractivity contribution >= 4 is 5.91 Å². The van der Waals surface area contributed by atoms with Crippen LogP contribution in [0.1, 0.15) is 38.5 Å². The summed E-state index contributed by atoms with van der Waals surface area (Å²) >= 11 is 0. The van der Waals surface area contributed by atoms with Gasteiger partial charge in [0.05, 0.1) is 5.54 Å². The molecule has 0 radical (unpaired) electrons. The Morgan fingerprint density at radius 3 is 2.50 bits per heavy atom. The first-order valence-corrected chi connectivity index (χ1v) is 7.55. The second-order valence-corrected chi connectivity index (χ2v) is 6.16. The number of nitrogens with one attached hydrogen (secondary N) is 2. The highest BCUT2D eigenvalue weighted by molar-refractivity contribution is 5.87. The highest BCUT2D eigenvalue weighted by atomic mass is 16.2. The third-order valence-corrected chi connectivity index (χ3v) is 4.70. The molecule has 0 aromatic carbocycles. The van der Waals surface area contributed by atoms with E-state index in [0.29, 0.717) is 5.91 Å². The Morgan fingerprint density at radius 2 is 1.89 bits per heavy atom. The molecule has 102 valence electrons. The van der Waals surface area contributed by atoms with Crippen LogP contribution >= 0.6 is 0 Å². The number of rotatable bonds is 4. The zero-order chi connectivity index (χ0) is 12.4. The zero-order valence-corrected chi connectivity index (χ0v) is 11.2. The Kier molecular flexibility index (Phi) is 3.57. The fourth-order valence-electron chi connectivity index (χ4n) is 3.28. The summed E-state index contributed by atoms with van der Waals surface area (Å²) in [6, 6.07) is 0. The van der Waals surface area contributed by atoms with Gasteiger partial charge in [-0.1, -0.05) is 12.8 Å². The van der Waals surface area contributed by atoms with E-state index in [4.69, 9.17) is 0 Å². The molecule has 3 fully saturated rings. The Bertz CT molecular complexity index is 302. The van der Waals surface area contributed by atoms with E-state index < -0.39 is 0 Å². The molecule has 4 heteroatoms. The average Bonchev–Trinajstić information content (AvgIpc) is 3.14. The van der Waals surface area contributed by atoms with Gasteiger partial charge in [-0.3, -0.25) is 4.79 Å². The van der Waals surface area contributed by atoms with E-state index in [9.17, 15) is 4.79 Å². The summed E-state index contributed by atoms with van der Waals surface area (Å²) in [5.74, 6) is 1.22. The lowest BCUT2D eigenvalue weighted by Gasteiger charge is -2.37. The number of piperazine rings is 1. The standard InChI is InChI=1S/C14H25N3O/c18-13(17-9-7-15-8-10-17)14(5-1-2-6-14)16-11-12-3-4-12/h12,15-16H,1-11H2. The molecule has 2 saturated carbocycles. The third kappa shape index (κ3) is 2.54. The monoisotopic (exact) mass is 251 g/mol. The Balaban J connectivity index is 1.64. The predicted octanol–water partition coefficient (Wildman–Crippen LogP) is 0.731. The van der Waals surface area contributed by atoms with Crippen molar-refractivity contribution in [2.24, 2.45) is 5.92 Å². The van der Waals surface area contributed by atoms with Crippen LogP contribution in [0.25, 0.3) is 0 Å². The summed E-state index contributed by atoms with van der Waals surface area (Å²) in [6.45, 7) is 4.71. The van der Waals surface area contributed by atoms with Crippen LogP contribution in [0.2, 0.25) is 0 Å². The SMILES string of the molecule is O=C(N1CCNCC1)C1(NCC2CC2)CCCC1. The minimum atomic E-state index is -0.208. The number of hydrogen-bond acceptors (Lipinski definition) is 3. The zero-order valence-electron chi connectivity index (χ0n) is 11.2. The molecule has 0 atom stereocenters. The maximum Gasteiger partial charge on any atom is 0.242 e. The van der Waals surface area contributed by atoms with Crippen molar-refractivity contribution in [3.8, 4) is 0 Å². The van der Waals surface area contributed by atoms with Crippen molar-refractivity contribution in [3.05, 3.63) is 0 Å². The molecule has 0 spiro atoms. The number of nitrogens with zero attached hydrogens (tertiary/aromatic N) is 1. The first-order valence-electron chi connectivity index (χ1n) is 7.55. The second-order valence-electron chi connectivity index (χ2n) is 6.16. The molecule has 0 unspecified atom stereocenters. The van der Waals surface area contributed by atoms with Gasteiger partial charge >= 0.3 is 0 Å². The molecule has 1 heterocycles. The summed E-state index contributed by atoms with van der Waals surface area (Å²) in [6.07, 6.45) is 7.20. The molecule has 2 N–H and O–H groups in total. The smallest absolute Gasteiger partial charge is 0.242 e. The normalized spacial score (nSPS) is 27.4. The molecule has 3 rings (SSSR count). The van der Waals surface area contributed by atoms with Gasteiger partial charge < -0.3 is 15.5 Å². The van der Waals surface area contributed by atoms with Gasteiger partial charge in [-0.05, 0) is 38.1 Å². The van der Waals surface area contributed by atoms with Gasteiger partial charge in [-0.15, -0.1) is 0 Å². The number of carbonyl (C=O) groups is 1. The van der Waals surface area contributed by atoms with Crippen LogP contribution in [0, 0.1) is 5.92 Å². The van der Waals surface area contributed by atoms with Crippen LogP contribution in [-0.2, 0) is 4.79 Å². The summed E-state index contributed by atoms with van der Waals surface area (Å²) in [5, 5.41) is 6.96. The number of carbonyl (C=O) groups excluding carboxylic acids is 1. The van der Waals surface area contributed by atoms with Crippen LogP contribution in [0.15, 0.2) is 0 Å². The lowest BCUT2D eigenvalue weighted by Crippen LogP contribution is -2.60. The largest absolute Gasteiger partial charge is 0.339 e. The van der Waals surface area contributed by atoms with E-state index in [1.54, 1.807) is 0 Å². The Labute approximate surface area is 109 Å². The summed E-state index contributed by atoms with van der Waals surface area (Å²) in [7, 11) is 0. The van der Waals surface area contributed by atoms with E-state index >= 15 is 0 Å². The maximum atomic E-state index is 12.8. The molecule has 0 bridgehead atoms. The molecular formula is C14H25N3O. The number of amides is 1. The molecule has 1 amide bonds. The van der Waals surface area contributed by atoms with Gasteiger partial charge in [-0.2, -0.15) is 0 Å². The minimum absolute atomic E-state index is 0.208. The molecule has 4 nitrogen and oxygen atoms in total. The average molecular weight is 251 g/mol. The van der Waals surface area contributed by atoms with Crippen LogP contribution in [-0.4, -0.2) is 49.1 Å². The Hall–Kier alpha value is -0.610. The van der Waals surface area contributed by atoms with E-state index in [0.717, 1.165) is 51.5 Å². The van der Waals surface area contributed by atoms with Crippen molar-refractivity contribution in [1.82, 2.24) is 15.5 Å². The quantitative estimate of drug-likeness (QED) is 0.774. The molecule has 1 saturated heterocycles. The second kappa shape index (κ2) is 5.17. The number of hydrogen-bond donors (Lipinski definition) is 2. The fourth-order valence-corrected chi connectivity index (χ4v) is 3.28. The molecule has 1 aliphatic heterocycles. The van der Waals surface area contributed by atoms with Gasteiger partial charge in [-0.25, -0.2) is 0 Å². The van der Waals surface area contributed by atoms with Gasteiger partial charge in [0.25, 0.3) is 0 Å². The van der Waals surface area contributed by atoms with Gasteiger partial charge in [0.15, 0.2) is 0 Å². The van der Waals surface area contributed by atoms with E-state index in [1.807, 2.05) is 0 Å². The van der Waals surface area contributed by atoms with Crippen molar-refractivity contribution in [3.63, 3.8) is 0 Å². The van der Waals surface area contributed by atoms with Gasteiger partial charge in [0.2, 0.25) is 5.91 Å². The van der Waals surface area contributed by atoms with Crippen LogP contribution < -0.4 is 10.6 Å². The van der Waals surface area contributed by atoms with Crippen LogP contribution in [0.4, 0.5) is 0 Å². The minimum Gasteiger partial charge on any atom is -0.339 e. The van der Waals surface area contributed by atoms with Crippen LogP contribution in [0.5, 0.6) is 0 Å². The Morgan fingerprint density at radius 1 is 1.22 bits per heavy atom. The van der Waals surface area contributed by atoms with Crippen molar-refractivity contribution in [2.45, 2.75) is 44.1 Å². The molecular weight excluding hydrogens is 226 g/mol. The first-order chi connectivity index (χ1) is 8.80. The van der Waals surface area contributed by atoms with Crippen molar-refractivity contribution in [1.29, 1.82) is 0 Å². The van der Waals surface area contributed by atoms with Crippen molar-refractivity contribution < 1.29 is 4.79 Å². The summed E-state index contributed by atoms with van der Waals surface area (Å²) < 4.78 is 0. The summed E-state index contributed by atoms with van der Waals surface area (Å²) in [5.41, 5.74) is -0.208. The molecule has 2 aliphatic carbocycles. The fraction of sp³-hybridized carbons (Fsp3) is 0.929. The predicted molar refractivity (Wildman–Crippen MR) is 71.4 cm³/mol. The lowest BCUT2D eigenvalue weighted by molar-refractivity contribution is -0.138. The van der Waals surface area contributed by atoms with Crippen molar-refractivity contribution in [2.75, 3.05) is 32.7 Å². The van der Waals surface area contributed by atoms with Gasteiger partial charge in [0.1, 0.15) is 0 Å². The lowest BCUT2D eigenvalue weighted by atomic mass is 9.94. The highest BCUT2D eigenvalue weighted by Crippen LogP contribution is 2.34. The van der Waals surface area contributed by atoms with Crippen LogP contribution in [0.3, 0.4) is 0 Å². The highest BCUT2D eigenvalue weighted by Gasteiger charge is 2.44.